The number of amides is 3. The molecule has 3 N–H and O–H groups in total. The molecule has 6 atom stereocenters. The molecular weight excluding hydrogens is 319 g/mol. The number of nitrogens with zero attached hydrogens (tertiary/aromatic N) is 1. The Morgan fingerprint density at radius 1 is 1.39 bits per heavy atom. The van der Waals surface area contributed by atoms with Crippen LogP contribution in [0.1, 0.15) is 6.92 Å². The summed E-state index contributed by atoms with van der Waals surface area (Å²) in [6.45, 7) is 0.780. The number of alkyl halides is 1. The fraction of sp³-hybridized carbons (Fsp3) is 0.750. The van der Waals surface area contributed by atoms with E-state index in [1.165, 1.54) is 0 Å². The van der Waals surface area contributed by atoms with Gasteiger partial charge in [0.05, 0.1) is 0 Å². The number of imide groups is 1. The number of hydrogen-bond donors (Lipinski definition) is 3. The first kappa shape index (κ1) is 17.5. The molecule has 2 rings (SSSR count). The van der Waals surface area contributed by atoms with Crippen LogP contribution in [0.15, 0.2) is 0 Å². The van der Waals surface area contributed by atoms with Crippen molar-refractivity contribution in [1.82, 2.24) is 10.2 Å². The number of carbonyl (C=O) groups excluding carboxylic acids is 3. The van der Waals surface area contributed by atoms with Crippen molar-refractivity contribution in [2.24, 2.45) is 0 Å². The van der Waals surface area contributed by atoms with Crippen LogP contribution in [0.4, 0.5) is 9.18 Å². The number of hydrogen-bond acceptors (Lipinski definition) is 8. The standard InChI is InChI=1S/C12H17FN2O8/c1-4(16)22-3-5-7(17)8(18)11(23-5)15-10(21-2)6(13)9(19)14-12(15)20/h5-8,10-11,17-18H,3H2,1-2H3,(H,14,19,20)/t5-,6?,7-,8-,10?,11-/m1/s1. The Balaban J connectivity index is 2.17. The number of nitrogens with one attached hydrogen (secondary N) is 1. The minimum atomic E-state index is -2.20. The van der Waals surface area contributed by atoms with E-state index in [4.69, 9.17) is 9.47 Å². The van der Waals surface area contributed by atoms with Gasteiger partial charge in [0.25, 0.3) is 5.91 Å². The smallest absolute Gasteiger partial charge is 0.328 e. The first-order valence-electron chi connectivity index (χ1n) is 6.73. The number of aliphatic hydroxyl groups excluding tert-OH is 2. The summed E-state index contributed by atoms with van der Waals surface area (Å²) in [4.78, 5) is 34.7. The molecule has 2 saturated heterocycles. The van der Waals surface area contributed by atoms with Gasteiger partial charge < -0.3 is 24.4 Å². The third-order valence-electron chi connectivity index (χ3n) is 3.54. The Kier molecular flexibility index (Phi) is 5.14. The summed E-state index contributed by atoms with van der Waals surface area (Å²) in [6.07, 6.45) is -9.53. The van der Waals surface area contributed by atoms with Crippen LogP contribution in [0, 0.1) is 0 Å². The minimum absolute atomic E-state index is 0.366. The quantitative estimate of drug-likeness (QED) is 0.495. The molecule has 0 aromatic carbocycles. The predicted molar refractivity (Wildman–Crippen MR) is 68.4 cm³/mol. The Hall–Kier alpha value is -1.82. The van der Waals surface area contributed by atoms with Gasteiger partial charge in [-0.15, -0.1) is 0 Å². The molecular formula is C12H17FN2O8. The highest BCUT2D eigenvalue weighted by molar-refractivity contribution is 5.99. The molecule has 3 amide bonds. The van der Waals surface area contributed by atoms with Crippen LogP contribution in [0.5, 0.6) is 0 Å². The van der Waals surface area contributed by atoms with Crippen LogP contribution in [0.25, 0.3) is 0 Å². The van der Waals surface area contributed by atoms with Crippen molar-refractivity contribution >= 4 is 17.9 Å². The van der Waals surface area contributed by atoms with Crippen molar-refractivity contribution in [2.45, 2.75) is 43.9 Å². The number of esters is 1. The first-order chi connectivity index (χ1) is 10.8. The number of ether oxygens (including phenoxy) is 3. The van der Waals surface area contributed by atoms with E-state index in [9.17, 15) is 29.0 Å². The fourth-order valence-electron chi connectivity index (χ4n) is 2.41. The molecule has 2 fully saturated rings. The molecule has 0 aromatic rings. The van der Waals surface area contributed by atoms with Gasteiger partial charge in [0.2, 0.25) is 6.17 Å². The normalized spacial score (nSPS) is 37.7. The second kappa shape index (κ2) is 6.74. The highest BCUT2D eigenvalue weighted by Gasteiger charge is 2.53. The van der Waals surface area contributed by atoms with Gasteiger partial charge >= 0.3 is 12.0 Å². The highest BCUT2D eigenvalue weighted by atomic mass is 19.1. The summed E-state index contributed by atoms with van der Waals surface area (Å²) in [5, 5.41) is 21.7. The zero-order valence-corrected chi connectivity index (χ0v) is 12.3. The van der Waals surface area contributed by atoms with Gasteiger partial charge in [-0.05, 0) is 0 Å². The third-order valence-corrected chi connectivity index (χ3v) is 3.54. The molecule has 130 valence electrons. The Morgan fingerprint density at radius 3 is 2.61 bits per heavy atom. The maximum absolute atomic E-state index is 13.9. The average molecular weight is 336 g/mol. The number of carbonyl (C=O) groups is 3. The lowest BCUT2D eigenvalue weighted by atomic mass is 10.1. The van der Waals surface area contributed by atoms with E-state index >= 15 is 0 Å². The lowest BCUT2D eigenvalue weighted by Crippen LogP contribution is -2.66. The number of urea groups is 1. The monoisotopic (exact) mass is 336 g/mol. The molecule has 0 radical (unpaired) electrons. The van der Waals surface area contributed by atoms with Crippen LogP contribution in [0.3, 0.4) is 0 Å². The molecule has 23 heavy (non-hydrogen) atoms. The molecule has 2 unspecified atom stereocenters. The molecule has 2 heterocycles. The van der Waals surface area contributed by atoms with Crippen LogP contribution in [0.2, 0.25) is 0 Å². The summed E-state index contributed by atoms with van der Waals surface area (Å²) in [5.74, 6) is -1.80. The summed E-state index contributed by atoms with van der Waals surface area (Å²) >= 11 is 0. The van der Waals surface area contributed by atoms with E-state index in [1.54, 1.807) is 5.32 Å². The average Bonchev–Trinajstić information content (AvgIpc) is 2.76. The van der Waals surface area contributed by atoms with E-state index < -0.39 is 54.8 Å². The van der Waals surface area contributed by atoms with Crippen molar-refractivity contribution < 1.29 is 43.2 Å². The molecule has 0 bridgehead atoms. The van der Waals surface area contributed by atoms with Crippen molar-refractivity contribution in [3.8, 4) is 0 Å². The number of rotatable bonds is 4. The number of aliphatic hydroxyl groups is 2. The largest absolute Gasteiger partial charge is 0.463 e. The van der Waals surface area contributed by atoms with Gasteiger partial charge in [-0.25, -0.2) is 9.18 Å². The van der Waals surface area contributed by atoms with Gasteiger partial charge in [-0.3, -0.25) is 19.8 Å². The lowest BCUT2D eigenvalue weighted by molar-refractivity contribution is -0.176. The summed E-state index contributed by atoms with van der Waals surface area (Å²) in [5.41, 5.74) is 0. The Bertz CT molecular complexity index is 503. The van der Waals surface area contributed by atoms with Crippen molar-refractivity contribution in [3.63, 3.8) is 0 Å². The zero-order chi connectivity index (χ0) is 17.3. The number of methoxy groups -OCH3 is 1. The SMILES string of the molecule is COC1C(F)C(=O)NC(=O)N1[C@@H]1O[C@H](COC(C)=O)[C@@H](O)[C@H]1O. The maximum atomic E-state index is 13.9. The second-order valence-electron chi connectivity index (χ2n) is 5.08. The second-order valence-corrected chi connectivity index (χ2v) is 5.08. The molecule has 0 aliphatic carbocycles. The van der Waals surface area contributed by atoms with E-state index in [0.29, 0.717) is 4.90 Å². The molecule has 11 heteroatoms. The van der Waals surface area contributed by atoms with E-state index in [0.717, 1.165) is 14.0 Å². The Morgan fingerprint density at radius 2 is 2.04 bits per heavy atom. The van der Waals surface area contributed by atoms with Gasteiger partial charge in [-0.2, -0.15) is 0 Å². The van der Waals surface area contributed by atoms with Crippen LogP contribution in [-0.4, -0.2) is 83.7 Å². The fourth-order valence-corrected chi connectivity index (χ4v) is 2.41. The van der Waals surface area contributed by atoms with Crippen LogP contribution < -0.4 is 5.32 Å². The van der Waals surface area contributed by atoms with Crippen LogP contribution >= 0.6 is 0 Å². The van der Waals surface area contributed by atoms with E-state index in [2.05, 4.69) is 4.74 Å². The summed E-state index contributed by atoms with van der Waals surface area (Å²) < 4.78 is 28.7. The zero-order valence-electron chi connectivity index (χ0n) is 12.3. The molecule has 10 nitrogen and oxygen atoms in total. The highest BCUT2D eigenvalue weighted by Crippen LogP contribution is 2.29. The molecule has 0 spiro atoms. The molecule has 2 aliphatic heterocycles. The van der Waals surface area contributed by atoms with Crippen molar-refractivity contribution in [3.05, 3.63) is 0 Å². The van der Waals surface area contributed by atoms with Crippen molar-refractivity contribution in [1.29, 1.82) is 0 Å². The van der Waals surface area contributed by atoms with Gasteiger partial charge in [0.1, 0.15) is 24.9 Å². The van der Waals surface area contributed by atoms with Gasteiger partial charge in [0.15, 0.2) is 12.5 Å². The third kappa shape index (κ3) is 3.27. The van der Waals surface area contributed by atoms with E-state index in [-0.39, 0.29) is 6.61 Å². The van der Waals surface area contributed by atoms with E-state index in [1.807, 2.05) is 0 Å². The van der Waals surface area contributed by atoms with Gasteiger partial charge in [0, 0.05) is 14.0 Å². The minimum Gasteiger partial charge on any atom is -0.463 e. The first-order valence-corrected chi connectivity index (χ1v) is 6.73. The predicted octanol–water partition coefficient (Wildman–Crippen LogP) is -2.14. The van der Waals surface area contributed by atoms with Crippen LogP contribution in [-0.2, 0) is 23.8 Å². The topological polar surface area (TPSA) is 135 Å². The molecule has 0 aromatic heterocycles. The summed E-state index contributed by atoms with van der Waals surface area (Å²) in [7, 11) is 1.07. The summed E-state index contributed by atoms with van der Waals surface area (Å²) in [6, 6.07) is -1.04. The lowest BCUT2D eigenvalue weighted by Gasteiger charge is -2.39. The maximum Gasteiger partial charge on any atom is 0.328 e. The molecule has 2 aliphatic rings. The Labute approximate surface area is 130 Å². The number of halogens is 1. The molecule has 0 saturated carbocycles. The van der Waals surface area contributed by atoms with Gasteiger partial charge in [-0.1, -0.05) is 0 Å². The van der Waals surface area contributed by atoms with Crippen molar-refractivity contribution in [2.75, 3.05) is 13.7 Å².